The van der Waals surface area contributed by atoms with Crippen LogP contribution >= 0.6 is 0 Å². The van der Waals surface area contributed by atoms with Crippen molar-refractivity contribution in [3.8, 4) is 0 Å². The number of amides is 1. The second kappa shape index (κ2) is 6.50. The molecule has 0 unspecified atom stereocenters. The van der Waals surface area contributed by atoms with Crippen LogP contribution in [-0.2, 0) is 6.54 Å². The summed E-state index contributed by atoms with van der Waals surface area (Å²) in [7, 11) is 0. The maximum atomic E-state index is 12.2. The molecule has 3 rings (SSSR count). The van der Waals surface area contributed by atoms with Gasteiger partial charge in [-0.25, -0.2) is 4.98 Å². The van der Waals surface area contributed by atoms with E-state index in [4.69, 9.17) is 0 Å². The maximum Gasteiger partial charge on any atom is 0.271 e. The summed E-state index contributed by atoms with van der Waals surface area (Å²) in [6, 6.07) is 0. The Bertz CT molecular complexity index is 465. The van der Waals surface area contributed by atoms with Gasteiger partial charge >= 0.3 is 0 Å². The molecule has 0 saturated heterocycles. The lowest BCUT2D eigenvalue weighted by molar-refractivity contribution is 0.0936. The summed E-state index contributed by atoms with van der Waals surface area (Å²) in [4.78, 5) is 16.6. The van der Waals surface area contributed by atoms with Crippen LogP contribution in [0.5, 0.6) is 0 Å². The molecule has 0 radical (unpaired) electrons. The van der Waals surface area contributed by atoms with Crippen LogP contribution in [0.1, 0.15) is 55.9 Å². The first-order chi connectivity index (χ1) is 10.3. The summed E-state index contributed by atoms with van der Waals surface area (Å²) in [5.74, 6) is 2.35. The van der Waals surface area contributed by atoms with Gasteiger partial charge in [-0.2, -0.15) is 0 Å². The number of imidazole rings is 1. The number of fused-ring (bicyclic) bond motifs is 1. The molecule has 2 heterocycles. The minimum Gasteiger partial charge on any atom is -0.356 e. The minimum atomic E-state index is -0.0312. The van der Waals surface area contributed by atoms with Crippen molar-refractivity contribution >= 4 is 11.9 Å². The van der Waals surface area contributed by atoms with Gasteiger partial charge in [-0.1, -0.05) is 26.2 Å². The van der Waals surface area contributed by atoms with Crippen molar-refractivity contribution in [3.05, 3.63) is 11.9 Å². The van der Waals surface area contributed by atoms with Gasteiger partial charge in [-0.3, -0.25) is 4.79 Å². The average Bonchev–Trinajstić information content (AvgIpc) is 2.97. The third-order valence-corrected chi connectivity index (χ3v) is 4.96. The number of aromatic nitrogens is 2. The second-order valence-corrected chi connectivity index (χ2v) is 6.43. The monoisotopic (exact) mass is 290 g/mol. The lowest BCUT2D eigenvalue weighted by Gasteiger charge is -2.27. The van der Waals surface area contributed by atoms with E-state index in [0.717, 1.165) is 37.9 Å². The van der Waals surface area contributed by atoms with Crippen molar-refractivity contribution in [3.63, 3.8) is 0 Å². The number of nitrogens with zero attached hydrogens (tertiary/aromatic N) is 2. The van der Waals surface area contributed by atoms with Gasteiger partial charge in [0.05, 0.1) is 0 Å². The van der Waals surface area contributed by atoms with Gasteiger partial charge in [0.2, 0.25) is 5.95 Å². The van der Waals surface area contributed by atoms with Gasteiger partial charge in [0, 0.05) is 25.8 Å². The van der Waals surface area contributed by atoms with Gasteiger partial charge in [-0.15, -0.1) is 0 Å². The lowest BCUT2D eigenvalue weighted by Crippen LogP contribution is -2.31. The summed E-state index contributed by atoms with van der Waals surface area (Å²) in [5.41, 5.74) is 0.543. The lowest BCUT2D eigenvalue weighted by atomic mass is 9.81. The van der Waals surface area contributed by atoms with Crippen LogP contribution in [0.25, 0.3) is 0 Å². The first-order valence-electron chi connectivity index (χ1n) is 8.35. The largest absolute Gasteiger partial charge is 0.356 e. The molecular formula is C16H26N4O. The van der Waals surface area contributed by atoms with E-state index in [-0.39, 0.29) is 5.91 Å². The number of hydrogen-bond donors (Lipinski definition) is 2. The number of nitrogens with one attached hydrogen (secondary N) is 2. The Morgan fingerprint density at radius 2 is 2.14 bits per heavy atom. The summed E-state index contributed by atoms with van der Waals surface area (Å²) >= 11 is 0. The fraction of sp³-hybridized carbons (Fsp3) is 0.750. The first kappa shape index (κ1) is 14.4. The second-order valence-electron chi connectivity index (χ2n) is 6.43. The fourth-order valence-corrected chi connectivity index (χ4v) is 3.46. The molecule has 2 N–H and O–H groups in total. The third-order valence-electron chi connectivity index (χ3n) is 4.96. The van der Waals surface area contributed by atoms with E-state index in [9.17, 15) is 4.79 Å². The predicted octanol–water partition coefficient (Wildman–Crippen LogP) is 2.64. The standard InChI is InChI=1S/C16H26N4O/c1-2-12-4-6-13(7-5-12)10-18-15(21)14-11-20-9-3-8-17-16(20)19-14/h11-13H,2-10H2,1H3,(H,17,19)(H,18,21). The molecule has 0 spiro atoms. The highest BCUT2D eigenvalue weighted by atomic mass is 16.1. The van der Waals surface area contributed by atoms with E-state index in [1.807, 2.05) is 10.8 Å². The number of anilines is 1. The number of hydrogen-bond acceptors (Lipinski definition) is 3. The topological polar surface area (TPSA) is 59.0 Å². The summed E-state index contributed by atoms with van der Waals surface area (Å²) < 4.78 is 2.03. The van der Waals surface area contributed by atoms with Crippen molar-refractivity contribution < 1.29 is 4.79 Å². The zero-order valence-corrected chi connectivity index (χ0v) is 12.9. The van der Waals surface area contributed by atoms with Crippen LogP contribution in [0.3, 0.4) is 0 Å². The van der Waals surface area contributed by atoms with Crippen molar-refractivity contribution in [2.45, 2.75) is 52.0 Å². The molecule has 1 aliphatic heterocycles. The van der Waals surface area contributed by atoms with Crippen LogP contribution in [0.15, 0.2) is 6.20 Å². The van der Waals surface area contributed by atoms with Gasteiger partial charge in [0.1, 0.15) is 5.69 Å². The molecule has 5 heteroatoms. The van der Waals surface area contributed by atoms with Crippen LogP contribution in [0.4, 0.5) is 5.95 Å². The Morgan fingerprint density at radius 3 is 2.86 bits per heavy atom. The van der Waals surface area contributed by atoms with Crippen molar-refractivity contribution in [2.75, 3.05) is 18.4 Å². The van der Waals surface area contributed by atoms with Crippen molar-refractivity contribution in [1.29, 1.82) is 0 Å². The highest BCUT2D eigenvalue weighted by Crippen LogP contribution is 2.30. The molecule has 0 bridgehead atoms. The first-order valence-corrected chi connectivity index (χ1v) is 8.35. The van der Waals surface area contributed by atoms with Gasteiger partial charge in [-0.05, 0) is 31.1 Å². The molecule has 0 aromatic carbocycles. The number of rotatable bonds is 4. The molecule has 21 heavy (non-hydrogen) atoms. The van der Waals surface area contributed by atoms with E-state index < -0.39 is 0 Å². The molecular weight excluding hydrogens is 264 g/mol. The molecule has 5 nitrogen and oxygen atoms in total. The van der Waals surface area contributed by atoms with Crippen LogP contribution in [0.2, 0.25) is 0 Å². The molecule has 1 saturated carbocycles. The third kappa shape index (κ3) is 3.39. The maximum absolute atomic E-state index is 12.2. The summed E-state index contributed by atoms with van der Waals surface area (Å²) in [5, 5.41) is 6.29. The van der Waals surface area contributed by atoms with Gasteiger partial charge in [0.15, 0.2) is 0 Å². The Kier molecular flexibility index (Phi) is 4.46. The van der Waals surface area contributed by atoms with E-state index >= 15 is 0 Å². The van der Waals surface area contributed by atoms with Gasteiger partial charge < -0.3 is 15.2 Å². The molecule has 1 aromatic heterocycles. The molecule has 1 aliphatic carbocycles. The minimum absolute atomic E-state index is 0.0312. The highest BCUT2D eigenvalue weighted by molar-refractivity contribution is 5.92. The zero-order chi connectivity index (χ0) is 14.7. The summed E-state index contributed by atoms with van der Waals surface area (Å²) in [6.45, 7) is 4.97. The van der Waals surface area contributed by atoms with E-state index in [1.165, 1.54) is 32.1 Å². The van der Waals surface area contributed by atoms with E-state index in [2.05, 4.69) is 22.5 Å². The predicted molar refractivity (Wildman–Crippen MR) is 83.4 cm³/mol. The smallest absolute Gasteiger partial charge is 0.271 e. The van der Waals surface area contributed by atoms with Crippen LogP contribution < -0.4 is 10.6 Å². The van der Waals surface area contributed by atoms with Crippen molar-refractivity contribution in [1.82, 2.24) is 14.9 Å². The Balaban J connectivity index is 1.49. The molecule has 1 amide bonds. The SMILES string of the molecule is CCC1CCC(CNC(=O)c2cn3c(n2)NCCC3)CC1. The van der Waals surface area contributed by atoms with Crippen LogP contribution in [0, 0.1) is 11.8 Å². The van der Waals surface area contributed by atoms with Gasteiger partial charge in [0.25, 0.3) is 5.91 Å². The molecule has 0 atom stereocenters. The molecule has 2 aliphatic rings. The molecule has 1 aromatic rings. The van der Waals surface area contributed by atoms with E-state index in [0.29, 0.717) is 11.6 Å². The Labute approximate surface area is 126 Å². The number of carbonyl (C=O) groups excluding carboxylic acids is 1. The Hall–Kier alpha value is -1.52. The van der Waals surface area contributed by atoms with E-state index in [1.54, 1.807) is 0 Å². The highest BCUT2D eigenvalue weighted by Gasteiger charge is 2.21. The zero-order valence-electron chi connectivity index (χ0n) is 12.9. The van der Waals surface area contributed by atoms with Crippen molar-refractivity contribution in [2.24, 2.45) is 11.8 Å². The van der Waals surface area contributed by atoms with Crippen LogP contribution in [-0.4, -0.2) is 28.5 Å². The normalized spacial score (nSPS) is 25.0. The fourth-order valence-electron chi connectivity index (χ4n) is 3.46. The molecule has 116 valence electrons. The average molecular weight is 290 g/mol. The number of carbonyl (C=O) groups is 1. The number of aryl methyl sites for hydroxylation is 1. The Morgan fingerprint density at radius 1 is 1.38 bits per heavy atom. The summed E-state index contributed by atoms with van der Waals surface area (Å²) in [6.07, 6.45) is 9.39. The quantitative estimate of drug-likeness (QED) is 0.896. The molecule has 1 fully saturated rings.